The van der Waals surface area contributed by atoms with E-state index in [1.165, 1.54) is 57.1 Å². The summed E-state index contributed by atoms with van der Waals surface area (Å²) in [6, 6.07) is 8.40. The minimum atomic E-state index is -1.27. The maximum atomic E-state index is 12.0. The van der Waals surface area contributed by atoms with Gasteiger partial charge in [0.15, 0.2) is 0 Å². The van der Waals surface area contributed by atoms with Crippen LogP contribution >= 0.6 is 0 Å². The summed E-state index contributed by atoms with van der Waals surface area (Å²) in [7, 11) is 0. The molecule has 8 heteroatoms. The first kappa shape index (κ1) is 24.6. The van der Waals surface area contributed by atoms with Gasteiger partial charge in [0, 0.05) is 23.8 Å². The molecule has 0 radical (unpaired) electrons. The largest absolute Gasteiger partial charge is 1.00 e. The number of aliphatic hydroxyl groups is 1. The summed E-state index contributed by atoms with van der Waals surface area (Å²) >= 11 is 0. The number of hydrogen-bond donors (Lipinski definition) is 1. The summed E-state index contributed by atoms with van der Waals surface area (Å²) in [5.41, 5.74) is -0.556. The van der Waals surface area contributed by atoms with Gasteiger partial charge in [-0.1, -0.05) is 62.8 Å². The maximum absolute atomic E-state index is 12.0. The van der Waals surface area contributed by atoms with E-state index in [0.717, 1.165) is 31.6 Å². The van der Waals surface area contributed by atoms with E-state index in [-0.39, 0.29) is 28.7 Å². The molecule has 0 amide bonds. The van der Waals surface area contributed by atoms with Gasteiger partial charge < -0.3 is 22.1 Å². The van der Waals surface area contributed by atoms with Crippen LogP contribution in [0.15, 0.2) is 42.7 Å². The Bertz CT molecular complexity index is 883. The number of aromatic nitrogens is 2. The van der Waals surface area contributed by atoms with E-state index < -0.39 is 10.6 Å². The molecule has 1 saturated carbocycles. The lowest BCUT2D eigenvalue weighted by Gasteiger charge is -2.34. The molecule has 1 aromatic heterocycles. The van der Waals surface area contributed by atoms with E-state index in [2.05, 4.69) is 9.88 Å². The molecule has 2 aliphatic rings. The van der Waals surface area contributed by atoms with E-state index in [9.17, 15) is 15.2 Å². The van der Waals surface area contributed by atoms with Gasteiger partial charge in [0.1, 0.15) is 12.7 Å². The summed E-state index contributed by atoms with van der Waals surface area (Å²) in [5, 5.41) is 23.1. The van der Waals surface area contributed by atoms with Crippen molar-refractivity contribution in [1.29, 1.82) is 0 Å². The van der Waals surface area contributed by atoms with E-state index in [0.29, 0.717) is 12.1 Å². The number of nitro benzene ring substituents is 1. The molecule has 1 aliphatic carbocycles. The summed E-state index contributed by atoms with van der Waals surface area (Å²) in [6.45, 7) is 0.366. The van der Waals surface area contributed by atoms with Crippen LogP contribution in [0.5, 0.6) is 0 Å². The van der Waals surface area contributed by atoms with E-state index in [1.54, 1.807) is 18.3 Å². The van der Waals surface area contributed by atoms with Crippen LogP contribution in [0.1, 0.15) is 76.2 Å². The predicted molar refractivity (Wildman–Crippen MR) is 118 cm³/mol. The molecule has 0 bridgehead atoms. The van der Waals surface area contributed by atoms with Gasteiger partial charge in [-0.15, -0.1) is 0 Å². The molecule has 0 spiro atoms. The highest BCUT2D eigenvalue weighted by molar-refractivity contribution is 5.43. The van der Waals surface area contributed by atoms with Crippen molar-refractivity contribution in [3.8, 4) is 0 Å². The molecular formula is C24H33BrN4O3. The monoisotopic (exact) mass is 504 g/mol. The van der Waals surface area contributed by atoms with Gasteiger partial charge in [-0.25, -0.2) is 9.47 Å². The Kier molecular flexibility index (Phi) is 8.59. The standard InChI is InChI=1S/C24H33N4O3.BrH/c29-24(20-13-15-22(16-14-20)28(30)31)19-26-18-10-17-25-23(26)27(24)21-11-8-6-4-2-1-3-5-7-9-12-21;/h10,13-18,21,29H,1-9,11-12,19H2;1H/q+1;/p-1. The van der Waals surface area contributed by atoms with Crippen molar-refractivity contribution in [2.24, 2.45) is 0 Å². The van der Waals surface area contributed by atoms with Gasteiger partial charge in [-0.3, -0.25) is 10.1 Å². The fourth-order valence-corrected chi connectivity index (χ4v) is 5.14. The maximum Gasteiger partial charge on any atom is 0.397 e. The number of hydrogen-bond acceptors (Lipinski definition) is 5. The quantitative estimate of drug-likeness (QED) is 0.390. The van der Waals surface area contributed by atoms with E-state index in [1.807, 2.05) is 16.8 Å². The van der Waals surface area contributed by atoms with Gasteiger partial charge in [0.05, 0.1) is 17.2 Å². The second kappa shape index (κ2) is 11.2. The molecule has 174 valence electrons. The van der Waals surface area contributed by atoms with Crippen LogP contribution in [0.25, 0.3) is 0 Å². The van der Waals surface area contributed by atoms with E-state index >= 15 is 0 Å². The third-order valence-electron chi connectivity index (χ3n) is 6.78. The zero-order valence-electron chi connectivity index (χ0n) is 18.5. The molecule has 1 aliphatic heterocycles. The highest BCUT2D eigenvalue weighted by Crippen LogP contribution is 2.38. The highest BCUT2D eigenvalue weighted by Gasteiger charge is 2.54. The smallest absolute Gasteiger partial charge is 0.397 e. The molecule has 0 saturated heterocycles. The lowest BCUT2D eigenvalue weighted by Crippen LogP contribution is -3.00. The molecule has 2 heterocycles. The Morgan fingerprint density at radius 1 is 1.00 bits per heavy atom. The fraction of sp³-hybridized carbons (Fsp3) is 0.583. The zero-order chi connectivity index (χ0) is 21.7. The van der Waals surface area contributed by atoms with Gasteiger partial charge in [-0.05, 0) is 25.0 Å². The number of benzene rings is 1. The summed E-state index contributed by atoms with van der Waals surface area (Å²) < 4.78 is 2.00. The number of rotatable bonds is 3. The normalized spacial score (nSPS) is 22.8. The molecule has 1 unspecified atom stereocenters. The lowest BCUT2D eigenvalue weighted by atomic mass is 9.93. The molecule has 4 rings (SSSR count). The van der Waals surface area contributed by atoms with Crippen LogP contribution in [-0.4, -0.2) is 21.1 Å². The van der Waals surface area contributed by atoms with Crippen LogP contribution in [0.4, 0.5) is 11.6 Å². The first-order valence-corrected chi connectivity index (χ1v) is 11.7. The molecule has 2 aromatic rings. The first-order chi connectivity index (χ1) is 15.1. The minimum absolute atomic E-state index is 0. The van der Waals surface area contributed by atoms with Crippen LogP contribution in [-0.2, 0) is 12.3 Å². The second-order valence-corrected chi connectivity index (χ2v) is 8.95. The Morgan fingerprint density at radius 2 is 1.56 bits per heavy atom. The van der Waals surface area contributed by atoms with Gasteiger partial charge in [-0.2, -0.15) is 0 Å². The number of nitrogens with zero attached hydrogens (tertiary/aromatic N) is 4. The minimum Gasteiger partial charge on any atom is -1.00 e. The van der Waals surface area contributed by atoms with Gasteiger partial charge >= 0.3 is 5.95 Å². The Morgan fingerprint density at radius 3 is 2.12 bits per heavy atom. The number of halogens is 1. The molecule has 1 fully saturated rings. The molecule has 7 nitrogen and oxygen atoms in total. The van der Waals surface area contributed by atoms with Crippen molar-refractivity contribution in [3.05, 3.63) is 58.4 Å². The summed E-state index contributed by atoms with van der Waals surface area (Å²) in [5.74, 6) is 0.778. The van der Waals surface area contributed by atoms with Crippen molar-refractivity contribution in [3.63, 3.8) is 0 Å². The van der Waals surface area contributed by atoms with E-state index in [4.69, 9.17) is 0 Å². The molecule has 1 atom stereocenters. The SMILES string of the molecule is O=[N+]([O-])c1ccc(C2(O)C[n+]3cccnc3N2C2CCCCCCCCCCC2)cc1.[Br-]. The topological polar surface area (TPSA) is 83.4 Å². The van der Waals surface area contributed by atoms with Crippen molar-refractivity contribution in [2.45, 2.75) is 88.9 Å². The van der Waals surface area contributed by atoms with Gasteiger partial charge in [0.25, 0.3) is 5.69 Å². The predicted octanol–water partition coefficient (Wildman–Crippen LogP) is 1.62. The first-order valence-electron chi connectivity index (χ1n) is 11.7. The van der Waals surface area contributed by atoms with Crippen molar-refractivity contribution < 1.29 is 31.6 Å². The highest BCUT2D eigenvalue weighted by atomic mass is 79.9. The van der Waals surface area contributed by atoms with Crippen molar-refractivity contribution >= 4 is 11.6 Å². The number of non-ortho nitro benzene ring substituents is 1. The Balaban J connectivity index is 0.00000289. The summed E-state index contributed by atoms with van der Waals surface area (Å²) in [4.78, 5) is 17.4. The third kappa shape index (κ3) is 5.29. The number of anilines is 1. The average molecular weight is 505 g/mol. The molecule has 1 N–H and O–H groups in total. The van der Waals surface area contributed by atoms with Crippen molar-refractivity contribution in [1.82, 2.24) is 4.98 Å². The Hall–Kier alpha value is -2.06. The third-order valence-corrected chi connectivity index (χ3v) is 6.78. The average Bonchev–Trinajstić information content (AvgIpc) is 3.07. The lowest BCUT2D eigenvalue weighted by molar-refractivity contribution is -0.685. The Labute approximate surface area is 200 Å². The van der Waals surface area contributed by atoms with Crippen LogP contribution in [0.2, 0.25) is 0 Å². The summed E-state index contributed by atoms with van der Waals surface area (Å²) in [6.07, 6.45) is 17.1. The molecular weight excluding hydrogens is 472 g/mol. The second-order valence-electron chi connectivity index (χ2n) is 8.95. The number of fused-ring (bicyclic) bond motifs is 1. The molecule has 32 heavy (non-hydrogen) atoms. The van der Waals surface area contributed by atoms with Crippen LogP contribution < -0.4 is 26.4 Å². The van der Waals surface area contributed by atoms with Crippen LogP contribution in [0.3, 0.4) is 0 Å². The molecule has 1 aromatic carbocycles. The van der Waals surface area contributed by atoms with Crippen molar-refractivity contribution in [2.75, 3.05) is 4.90 Å². The number of nitro groups is 1. The van der Waals surface area contributed by atoms with Gasteiger partial charge in [0.2, 0.25) is 5.72 Å². The zero-order valence-corrected chi connectivity index (χ0v) is 20.1. The fourth-order valence-electron chi connectivity index (χ4n) is 5.14. The van der Waals surface area contributed by atoms with Crippen LogP contribution in [0, 0.1) is 10.1 Å².